The highest BCUT2D eigenvalue weighted by Crippen LogP contribution is 1.90. The summed E-state index contributed by atoms with van der Waals surface area (Å²) in [7, 11) is 0. The minimum absolute atomic E-state index is 0.329. The molecule has 0 aromatic rings. The number of hydrazine groups is 1. The first-order valence-corrected chi connectivity index (χ1v) is 2.74. The van der Waals surface area contributed by atoms with Crippen molar-refractivity contribution >= 4 is 11.9 Å². The molecule has 0 bridgehead atoms. The van der Waals surface area contributed by atoms with Gasteiger partial charge < -0.3 is 5.73 Å². The van der Waals surface area contributed by atoms with Crippen LogP contribution in [0.4, 0.5) is 4.79 Å². The molecule has 0 saturated carbocycles. The lowest BCUT2D eigenvalue weighted by Crippen LogP contribution is -2.50. The molecule has 0 saturated heterocycles. The Hall–Kier alpha value is -1.52. The molecule has 54 valence electrons. The standard InChI is InChI=1S/C5H7N3O2/c6-5(10)8-3-1-2-4(9)7-8/h1-2H,3H2,(H2,6,10)(H,7,9). The highest BCUT2D eigenvalue weighted by molar-refractivity contribution is 5.90. The number of carbonyl (C=O) groups excluding carboxylic acids is 2. The van der Waals surface area contributed by atoms with E-state index in [2.05, 4.69) is 5.43 Å². The van der Waals surface area contributed by atoms with Gasteiger partial charge in [0.05, 0.1) is 6.54 Å². The second kappa shape index (κ2) is 2.38. The number of amides is 3. The van der Waals surface area contributed by atoms with Crippen molar-refractivity contribution in [2.45, 2.75) is 0 Å². The number of primary amides is 1. The van der Waals surface area contributed by atoms with Gasteiger partial charge in [-0.2, -0.15) is 0 Å². The molecular weight excluding hydrogens is 134 g/mol. The first-order chi connectivity index (χ1) is 4.70. The van der Waals surface area contributed by atoms with Crippen molar-refractivity contribution in [3.8, 4) is 0 Å². The van der Waals surface area contributed by atoms with Crippen LogP contribution in [0.15, 0.2) is 12.2 Å². The van der Waals surface area contributed by atoms with Gasteiger partial charge in [-0.25, -0.2) is 9.80 Å². The van der Waals surface area contributed by atoms with E-state index in [1.54, 1.807) is 6.08 Å². The van der Waals surface area contributed by atoms with Crippen LogP contribution in [0.25, 0.3) is 0 Å². The lowest BCUT2D eigenvalue weighted by Gasteiger charge is -2.20. The predicted octanol–water partition coefficient (Wildman–Crippen LogP) is -1.03. The van der Waals surface area contributed by atoms with Crippen molar-refractivity contribution in [1.82, 2.24) is 10.4 Å². The minimum atomic E-state index is -0.655. The largest absolute Gasteiger partial charge is 0.350 e. The zero-order chi connectivity index (χ0) is 7.56. The van der Waals surface area contributed by atoms with Crippen molar-refractivity contribution < 1.29 is 9.59 Å². The minimum Gasteiger partial charge on any atom is -0.350 e. The maximum Gasteiger partial charge on any atom is 0.333 e. The quantitative estimate of drug-likeness (QED) is 0.452. The lowest BCUT2D eigenvalue weighted by molar-refractivity contribution is -0.120. The van der Waals surface area contributed by atoms with Gasteiger partial charge in [0, 0.05) is 6.08 Å². The third-order valence-corrected chi connectivity index (χ3v) is 1.07. The van der Waals surface area contributed by atoms with E-state index in [-0.39, 0.29) is 5.91 Å². The SMILES string of the molecule is NC(=O)N1CC=CC(=O)N1. The van der Waals surface area contributed by atoms with Crippen molar-refractivity contribution in [3.05, 3.63) is 12.2 Å². The molecule has 3 N–H and O–H groups in total. The summed E-state index contributed by atoms with van der Waals surface area (Å²) in [5.41, 5.74) is 7.12. The van der Waals surface area contributed by atoms with Crippen molar-refractivity contribution in [3.63, 3.8) is 0 Å². The molecule has 1 aliphatic heterocycles. The maximum atomic E-state index is 10.5. The Morgan fingerprint density at radius 3 is 2.90 bits per heavy atom. The zero-order valence-corrected chi connectivity index (χ0v) is 5.20. The Kier molecular flexibility index (Phi) is 1.57. The third-order valence-electron chi connectivity index (χ3n) is 1.07. The van der Waals surface area contributed by atoms with Crippen LogP contribution in [0.1, 0.15) is 0 Å². The summed E-state index contributed by atoms with van der Waals surface area (Å²) in [4.78, 5) is 20.9. The van der Waals surface area contributed by atoms with E-state index >= 15 is 0 Å². The molecule has 0 unspecified atom stereocenters. The van der Waals surface area contributed by atoms with Crippen LogP contribution in [0.5, 0.6) is 0 Å². The maximum absolute atomic E-state index is 10.5. The third kappa shape index (κ3) is 1.25. The summed E-state index contributed by atoms with van der Waals surface area (Å²) in [5, 5.41) is 1.03. The summed E-state index contributed by atoms with van der Waals surface area (Å²) in [6, 6.07) is -0.655. The highest BCUT2D eigenvalue weighted by atomic mass is 16.2. The normalized spacial score (nSPS) is 16.8. The molecule has 0 radical (unpaired) electrons. The number of urea groups is 1. The second-order valence-electron chi connectivity index (χ2n) is 1.83. The fourth-order valence-electron chi connectivity index (χ4n) is 0.626. The highest BCUT2D eigenvalue weighted by Gasteiger charge is 2.12. The van der Waals surface area contributed by atoms with Gasteiger partial charge in [-0.3, -0.25) is 10.2 Å². The van der Waals surface area contributed by atoms with Gasteiger partial charge in [0.25, 0.3) is 5.91 Å². The lowest BCUT2D eigenvalue weighted by atomic mass is 10.4. The van der Waals surface area contributed by atoms with Gasteiger partial charge in [0.2, 0.25) is 0 Å². The molecule has 5 heteroatoms. The molecule has 1 heterocycles. The molecule has 5 nitrogen and oxygen atoms in total. The van der Waals surface area contributed by atoms with E-state index in [9.17, 15) is 9.59 Å². The first kappa shape index (κ1) is 6.60. The topological polar surface area (TPSA) is 75.4 Å². The van der Waals surface area contributed by atoms with Crippen molar-refractivity contribution in [1.29, 1.82) is 0 Å². The number of nitrogens with two attached hydrogens (primary N) is 1. The monoisotopic (exact) mass is 141 g/mol. The van der Waals surface area contributed by atoms with E-state index in [1.807, 2.05) is 0 Å². The van der Waals surface area contributed by atoms with Gasteiger partial charge in [-0.05, 0) is 0 Å². The average Bonchev–Trinajstić information content (AvgIpc) is 1.88. The predicted molar refractivity (Wildman–Crippen MR) is 33.6 cm³/mol. The van der Waals surface area contributed by atoms with E-state index in [0.717, 1.165) is 5.01 Å². The molecule has 1 rings (SSSR count). The van der Waals surface area contributed by atoms with Crippen molar-refractivity contribution in [2.75, 3.05) is 6.54 Å². The fraction of sp³-hybridized carbons (Fsp3) is 0.200. The van der Waals surface area contributed by atoms with Crippen LogP contribution in [0, 0.1) is 0 Å². The van der Waals surface area contributed by atoms with Crippen LogP contribution < -0.4 is 11.2 Å². The van der Waals surface area contributed by atoms with Crippen molar-refractivity contribution in [2.24, 2.45) is 5.73 Å². The number of hydrogen-bond donors (Lipinski definition) is 2. The van der Waals surface area contributed by atoms with Gasteiger partial charge in [-0.15, -0.1) is 0 Å². The molecule has 1 aliphatic rings. The van der Waals surface area contributed by atoms with Gasteiger partial charge in [0.1, 0.15) is 0 Å². The Bertz CT molecular complexity index is 199. The van der Waals surface area contributed by atoms with E-state index < -0.39 is 6.03 Å². The van der Waals surface area contributed by atoms with Crippen LogP contribution in [0.2, 0.25) is 0 Å². The van der Waals surface area contributed by atoms with Gasteiger partial charge >= 0.3 is 6.03 Å². The van der Waals surface area contributed by atoms with E-state index in [4.69, 9.17) is 5.73 Å². The number of carbonyl (C=O) groups is 2. The Morgan fingerprint density at radius 1 is 1.80 bits per heavy atom. The number of hydrogen-bond acceptors (Lipinski definition) is 2. The zero-order valence-electron chi connectivity index (χ0n) is 5.20. The van der Waals surface area contributed by atoms with Gasteiger partial charge in [-0.1, -0.05) is 6.08 Å². The average molecular weight is 141 g/mol. The molecular formula is C5H7N3O2. The molecule has 0 spiro atoms. The number of rotatable bonds is 0. The van der Waals surface area contributed by atoms with Crippen LogP contribution in [-0.4, -0.2) is 23.5 Å². The summed E-state index contributed by atoms with van der Waals surface area (Å²) in [6.07, 6.45) is 2.91. The first-order valence-electron chi connectivity index (χ1n) is 2.74. The molecule has 0 fully saturated rings. The molecule has 0 aromatic carbocycles. The Morgan fingerprint density at radius 2 is 2.50 bits per heavy atom. The molecule has 10 heavy (non-hydrogen) atoms. The smallest absolute Gasteiger partial charge is 0.333 e. The number of nitrogens with one attached hydrogen (secondary N) is 1. The van der Waals surface area contributed by atoms with Crippen LogP contribution >= 0.6 is 0 Å². The second-order valence-corrected chi connectivity index (χ2v) is 1.83. The molecule has 3 amide bonds. The fourth-order valence-corrected chi connectivity index (χ4v) is 0.626. The molecule has 0 aromatic heterocycles. The van der Waals surface area contributed by atoms with Crippen LogP contribution in [0.3, 0.4) is 0 Å². The molecule has 0 atom stereocenters. The van der Waals surface area contributed by atoms with Crippen LogP contribution in [-0.2, 0) is 4.79 Å². The summed E-state index contributed by atoms with van der Waals surface area (Å²) in [5.74, 6) is -0.329. The summed E-state index contributed by atoms with van der Waals surface area (Å²) in [6.45, 7) is 0.334. The van der Waals surface area contributed by atoms with E-state index in [1.165, 1.54) is 6.08 Å². The summed E-state index contributed by atoms with van der Waals surface area (Å²) >= 11 is 0. The van der Waals surface area contributed by atoms with E-state index in [0.29, 0.717) is 6.54 Å². The molecule has 0 aliphatic carbocycles. The number of nitrogens with zero attached hydrogens (tertiary/aromatic N) is 1. The Labute approximate surface area is 57.4 Å². The Balaban J connectivity index is 2.60. The summed E-state index contributed by atoms with van der Waals surface area (Å²) < 4.78 is 0. The van der Waals surface area contributed by atoms with Gasteiger partial charge in [0.15, 0.2) is 0 Å².